The second-order valence-corrected chi connectivity index (χ2v) is 19.5. The highest BCUT2D eigenvalue weighted by Gasteiger charge is 2.30. The van der Waals surface area contributed by atoms with Gasteiger partial charge in [0.1, 0.15) is 13.8 Å². The zero-order valence-electron chi connectivity index (χ0n) is 24.0. The minimum absolute atomic E-state index is 0.812. The van der Waals surface area contributed by atoms with Crippen LogP contribution in [0.5, 0.6) is 5.75 Å². The van der Waals surface area contributed by atoms with Gasteiger partial charge in [0.25, 0.3) is 0 Å². The zero-order valence-corrected chi connectivity index (χ0v) is 26.8. The molecular weight excluding hydrogens is 562 g/mol. The van der Waals surface area contributed by atoms with Gasteiger partial charge in [-0.1, -0.05) is 177 Å². The van der Waals surface area contributed by atoms with E-state index in [1.54, 1.807) is 0 Å². The van der Waals surface area contributed by atoms with Gasteiger partial charge in [-0.3, -0.25) is 0 Å². The maximum Gasteiger partial charge on any atom is 0.134 e. The van der Waals surface area contributed by atoms with E-state index in [0.29, 0.717) is 0 Å². The van der Waals surface area contributed by atoms with E-state index in [1.165, 1.54) is 37.0 Å². The molecule has 0 bridgehead atoms. The van der Waals surface area contributed by atoms with Gasteiger partial charge in [-0.05, 0) is 42.2 Å². The van der Waals surface area contributed by atoms with Crippen molar-refractivity contribution in [3.63, 3.8) is 0 Å². The van der Waals surface area contributed by atoms with E-state index >= 15 is 0 Å². The van der Waals surface area contributed by atoms with Crippen LogP contribution in [0, 0.1) is 0 Å². The molecule has 1 aliphatic rings. The summed E-state index contributed by atoms with van der Waals surface area (Å²) in [6.07, 6.45) is 8.73. The van der Waals surface area contributed by atoms with Crippen LogP contribution in [0.4, 0.5) is 0 Å². The van der Waals surface area contributed by atoms with E-state index in [0.717, 1.165) is 5.75 Å². The molecule has 0 atom stereocenters. The van der Waals surface area contributed by atoms with Gasteiger partial charge >= 0.3 is 0 Å². The van der Waals surface area contributed by atoms with Gasteiger partial charge in [-0.15, -0.1) is 0 Å². The van der Waals surface area contributed by atoms with Crippen LogP contribution in [0.1, 0.15) is 0 Å². The molecule has 5 aromatic carbocycles. The molecule has 0 N–H and O–H groups in total. The van der Waals surface area contributed by atoms with Crippen molar-refractivity contribution in [2.45, 2.75) is 13.1 Å². The summed E-state index contributed by atoms with van der Waals surface area (Å²) in [7, 11) is -3.61. The molecule has 6 rings (SSSR count). The topological polar surface area (TPSA) is 9.23 Å². The van der Waals surface area contributed by atoms with Crippen LogP contribution in [0.25, 0.3) is 0 Å². The van der Waals surface area contributed by atoms with Crippen LogP contribution >= 0.6 is 15.8 Å². The molecule has 206 valence electrons. The summed E-state index contributed by atoms with van der Waals surface area (Å²) in [6, 6.07) is 50.3. The number of hydrogen-bond donors (Lipinski definition) is 0. The number of ether oxygens (including phenoxy) is 1. The average molecular weight is 597 g/mol. The largest absolute Gasteiger partial charge is 0.464 e. The third kappa shape index (κ3) is 6.18. The van der Waals surface area contributed by atoms with Crippen molar-refractivity contribution >= 4 is 55.6 Å². The molecule has 0 fully saturated rings. The molecule has 5 aromatic rings. The third-order valence-electron chi connectivity index (χ3n) is 7.43. The van der Waals surface area contributed by atoms with E-state index in [-0.39, 0.29) is 0 Å². The predicted octanol–water partition coefficient (Wildman–Crippen LogP) is 7.38. The number of para-hydroxylation sites is 1. The lowest BCUT2D eigenvalue weighted by molar-refractivity contribution is 0.487. The Balaban J connectivity index is 1.55. The van der Waals surface area contributed by atoms with Crippen molar-refractivity contribution in [3.8, 4) is 5.75 Å². The summed E-state index contributed by atoms with van der Waals surface area (Å²) in [5.41, 5.74) is 2.43. The molecule has 42 heavy (non-hydrogen) atoms. The molecule has 4 heteroatoms. The van der Waals surface area contributed by atoms with Crippen molar-refractivity contribution in [1.29, 1.82) is 0 Å². The molecular formula is C38H34OP2Si. The fraction of sp³-hybridized carbons (Fsp3) is 0.0526. The van der Waals surface area contributed by atoms with Gasteiger partial charge in [-0.2, -0.15) is 0 Å². The van der Waals surface area contributed by atoms with E-state index < -0.39 is 23.9 Å². The summed E-state index contributed by atoms with van der Waals surface area (Å²) in [6.45, 7) is 4.81. The van der Waals surface area contributed by atoms with Gasteiger partial charge in [0.2, 0.25) is 0 Å². The maximum atomic E-state index is 7.01. The van der Waals surface area contributed by atoms with Gasteiger partial charge in [0, 0.05) is 10.6 Å². The second kappa shape index (κ2) is 13.0. The van der Waals surface area contributed by atoms with Gasteiger partial charge < -0.3 is 4.74 Å². The average Bonchev–Trinajstić information content (AvgIpc) is 3.04. The van der Waals surface area contributed by atoms with Crippen LogP contribution in [0.15, 0.2) is 175 Å². The Morgan fingerprint density at radius 2 is 0.976 bits per heavy atom. The molecule has 0 saturated carbocycles. The fourth-order valence-corrected chi connectivity index (χ4v) is 12.2. The van der Waals surface area contributed by atoms with E-state index in [2.05, 4.69) is 177 Å². The van der Waals surface area contributed by atoms with E-state index in [1.807, 2.05) is 6.26 Å². The molecule has 1 aliphatic heterocycles. The van der Waals surface area contributed by atoms with Crippen LogP contribution in [0.2, 0.25) is 13.1 Å². The van der Waals surface area contributed by atoms with Crippen molar-refractivity contribution < 1.29 is 4.74 Å². The van der Waals surface area contributed by atoms with Gasteiger partial charge in [0.15, 0.2) is 0 Å². The highest BCUT2D eigenvalue weighted by atomic mass is 31.1. The first kappa shape index (κ1) is 28.3. The minimum atomic E-state index is -1.97. The minimum Gasteiger partial charge on any atom is -0.464 e. The maximum absolute atomic E-state index is 7.01. The van der Waals surface area contributed by atoms with Crippen LogP contribution in [-0.2, 0) is 0 Å². The summed E-state index contributed by atoms with van der Waals surface area (Å²) in [4.78, 5) is 0. The van der Waals surface area contributed by atoms with Crippen molar-refractivity contribution in [3.05, 3.63) is 175 Å². The summed E-state index contributed by atoms with van der Waals surface area (Å²) >= 11 is 0. The lowest BCUT2D eigenvalue weighted by Gasteiger charge is -2.28. The predicted molar refractivity (Wildman–Crippen MR) is 188 cm³/mol. The number of fused-ring (bicyclic) bond motifs is 1. The highest BCUT2D eigenvalue weighted by Crippen LogP contribution is 2.44. The Kier molecular flexibility index (Phi) is 8.78. The first-order chi connectivity index (χ1) is 20.6. The van der Waals surface area contributed by atoms with Gasteiger partial charge in [-0.25, -0.2) is 0 Å². The lowest BCUT2D eigenvalue weighted by atomic mass is 10.3. The first-order valence-corrected chi connectivity index (χ1v) is 20.0. The summed E-state index contributed by atoms with van der Waals surface area (Å²) < 4.78 is 7.01. The molecule has 1 nitrogen and oxygen atoms in total. The molecule has 0 aromatic heterocycles. The zero-order chi connectivity index (χ0) is 28.8. The van der Waals surface area contributed by atoms with Crippen molar-refractivity contribution in [1.82, 2.24) is 0 Å². The molecule has 0 spiro atoms. The Bertz CT molecular complexity index is 1630. The monoisotopic (exact) mass is 596 g/mol. The summed E-state index contributed by atoms with van der Waals surface area (Å²) in [5.74, 6) is 1.02. The number of allylic oxidation sites excluding steroid dienone is 4. The number of rotatable bonds is 6. The quantitative estimate of drug-likeness (QED) is 0.147. The molecule has 0 saturated heterocycles. The molecule has 0 radical (unpaired) electrons. The second-order valence-electron chi connectivity index (χ2n) is 10.8. The van der Waals surface area contributed by atoms with Crippen molar-refractivity contribution in [2.75, 3.05) is 0 Å². The standard InChI is InChI=1S/C38H34OP2Si/c1-42(2)29-16-15-26-35(40(31-18-7-3-8-19-31)32-20-9-4-10-21-32)30-39-38-36(27-17-28-37(38)42)41(33-22-11-5-12-23-33)34-24-13-6-14-25-34/h3-30H,1-2H3/b26-15-,29-16-,35-30+. The third-order valence-corrected chi connectivity index (χ3v) is 15.1. The SMILES string of the molecule is C[Si]1(C)\C=C/C=C\C(P(c2ccccc2)c2ccccc2)=C/Oc2c(P(c3ccccc3)c3ccccc3)cccc21. The normalized spacial score (nSPS) is 17.0. The van der Waals surface area contributed by atoms with Crippen LogP contribution < -0.4 is 36.4 Å². The van der Waals surface area contributed by atoms with Crippen LogP contribution in [-0.4, -0.2) is 8.07 Å². The number of hydrogen-bond acceptors (Lipinski definition) is 1. The smallest absolute Gasteiger partial charge is 0.134 e. The molecule has 1 heterocycles. The Morgan fingerprint density at radius 3 is 1.48 bits per heavy atom. The first-order valence-electron chi connectivity index (χ1n) is 14.3. The highest BCUT2D eigenvalue weighted by molar-refractivity contribution is 7.80. The van der Waals surface area contributed by atoms with E-state index in [9.17, 15) is 0 Å². The van der Waals surface area contributed by atoms with E-state index in [4.69, 9.17) is 4.74 Å². The Morgan fingerprint density at radius 1 is 0.500 bits per heavy atom. The molecule has 0 aliphatic carbocycles. The van der Waals surface area contributed by atoms with Gasteiger partial charge in [0.05, 0.1) is 6.26 Å². The number of benzene rings is 5. The van der Waals surface area contributed by atoms with Crippen LogP contribution in [0.3, 0.4) is 0 Å². The molecule has 0 amide bonds. The fourth-order valence-electron chi connectivity index (χ4n) is 5.34. The Hall–Kier alpha value is -3.80. The van der Waals surface area contributed by atoms with Crippen molar-refractivity contribution in [2.24, 2.45) is 0 Å². The summed E-state index contributed by atoms with van der Waals surface area (Å²) in [5, 5.41) is 9.02. The lowest BCUT2D eigenvalue weighted by Crippen LogP contribution is -2.42. The Labute approximate surface area is 253 Å². The molecule has 0 unspecified atom stereocenters.